The monoisotopic (exact) mass is 258 g/mol. The first-order chi connectivity index (χ1) is 9.16. The summed E-state index contributed by atoms with van der Waals surface area (Å²) in [6, 6.07) is 7.67. The molecule has 0 aliphatic carbocycles. The summed E-state index contributed by atoms with van der Waals surface area (Å²) >= 11 is 0. The summed E-state index contributed by atoms with van der Waals surface area (Å²) in [6.07, 6.45) is 2.23. The van der Waals surface area contributed by atoms with E-state index in [2.05, 4.69) is 4.98 Å². The van der Waals surface area contributed by atoms with Crippen molar-refractivity contribution in [3.05, 3.63) is 36.0 Å². The number of amides is 1. The van der Waals surface area contributed by atoms with E-state index < -0.39 is 0 Å². The number of carbonyl (C=O) groups is 1. The third kappa shape index (κ3) is 2.12. The van der Waals surface area contributed by atoms with Crippen LogP contribution >= 0.6 is 0 Å². The Morgan fingerprint density at radius 1 is 1.42 bits per heavy atom. The fourth-order valence-corrected chi connectivity index (χ4v) is 2.76. The fourth-order valence-electron chi connectivity index (χ4n) is 2.76. The number of hydrogen-bond acceptors (Lipinski definition) is 2. The molecule has 1 saturated heterocycles. The number of piperidine rings is 1. The Morgan fingerprint density at radius 2 is 2.26 bits per heavy atom. The number of aromatic amines is 1. The van der Waals surface area contributed by atoms with Gasteiger partial charge in [0.15, 0.2) is 0 Å². The van der Waals surface area contributed by atoms with Crippen molar-refractivity contribution in [2.75, 3.05) is 13.1 Å². The Bertz CT molecular complexity index is 605. The Labute approximate surface area is 112 Å². The second kappa shape index (κ2) is 4.70. The van der Waals surface area contributed by atoms with Crippen molar-refractivity contribution < 1.29 is 9.90 Å². The maximum absolute atomic E-state index is 12.6. The summed E-state index contributed by atoms with van der Waals surface area (Å²) in [6.45, 7) is 3.24. The van der Waals surface area contributed by atoms with Crippen LogP contribution in [0.1, 0.15) is 23.7 Å². The van der Waals surface area contributed by atoms with Crippen LogP contribution in [0.4, 0.5) is 0 Å². The number of H-pyrrole nitrogens is 1. The zero-order valence-electron chi connectivity index (χ0n) is 11.0. The van der Waals surface area contributed by atoms with Gasteiger partial charge < -0.3 is 15.0 Å². The van der Waals surface area contributed by atoms with Crippen LogP contribution in [-0.2, 0) is 0 Å². The Morgan fingerprint density at radius 3 is 3.05 bits per heavy atom. The predicted octanol–water partition coefficient (Wildman–Crippen LogP) is 2.01. The molecule has 2 aromatic rings. The molecule has 0 bridgehead atoms. The van der Waals surface area contributed by atoms with E-state index in [0.717, 1.165) is 16.5 Å². The van der Waals surface area contributed by atoms with Gasteiger partial charge in [-0.1, -0.05) is 13.0 Å². The first-order valence-corrected chi connectivity index (χ1v) is 6.70. The van der Waals surface area contributed by atoms with E-state index in [4.69, 9.17) is 0 Å². The number of hydrogen-bond donors (Lipinski definition) is 2. The highest BCUT2D eigenvalue weighted by Gasteiger charge is 2.28. The van der Waals surface area contributed by atoms with Crippen LogP contribution in [0.25, 0.3) is 10.9 Å². The van der Waals surface area contributed by atoms with E-state index in [1.54, 1.807) is 0 Å². The van der Waals surface area contributed by atoms with Crippen molar-refractivity contribution in [3.63, 3.8) is 0 Å². The number of carbonyl (C=O) groups excluding carboxylic acids is 1. The smallest absolute Gasteiger partial charge is 0.254 e. The first kappa shape index (κ1) is 12.2. The van der Waals surface area contributed by atoms with Crippen LogP contribution in [0.2, 0.25) is 0 Å². The number of fused-ring (bicyclic) bond motifs is 1. The standard InChI is InChI=1S/C15H18N2O2/c1-10-9-17(8-6-14(10)18)15(19)12-3-2-4-13-11(12)5-7-16-13/h2-5,7,10,14,16,18H,6,8-9H2,1H3. The normalized spacial score (nSPS) is 23.8. The van der Waals surface area contributed by atoms with Crippen LogP contribution in [-0.4, -0.2) is 40.1 Å². The number of nitrogens with zero attached hydrogens (tertiary/aromatic N) is 1. The summed E-state index contributed by atoms with van der Waals surface area (Å²) < 4.78 is 0. The van der Waals surface area contributed by atoms with Crippen LogP contribution in [0.15, 0.2) is 30.5 Å². The highest BCUT2D eigenvalue weighted by Crippen LogP contribution is 2.23. The van der Waals surface area contributed by atoms with Gasteiger partial charge in [0.05, 0.1) is 6.10 Å². The van der Waals surface area contributed by atoms with E-state index in [9.17, 15) is 9.90 Å². The molecular formula is C15H18N2O2. The van der Waals surface area contributed by atoms with Gasteiger partial charge in [-0.2, -0.15) is 0 Å². The van der Waals surface area contributed by atoms with Gasteiger partial charge in [0.25, 0.3) is 5.91 Å². The molecule has 1 amide bonds. The van der Waals surface area contributed by atoms with Gasteiger partial charge in [-0.3, -0.25) is 4.79 Å². The molecule has 19 heavy (non-hydrogen) atoms. The molecule has 4 nitrogen and oxygen atoms in total. The zero-order valence-corrected chi connectivity index (χ0v) is 11.0. The van der Waals surface area contributed by atoms with Gasteiger partial charge in [0, 0.05) is 35.8 Å². The maximum Gasteiger partial charge on any atom is 0.254 e. The van der Waals surface area contributed by atoms with E-state index in [1.165, 1.54) is 0 Å². The molecule has 4 heteroatoms. The molecular weight excluding hydrogens is 240 g/mol. The fraction of sp³-hybridized carbons (Fsp3) is 0.400. The van der Waals surface area contributed by atoms with Gasteiger partial charge >= 0.3 is 0 Å². The van der Waals surface area contributed by atoms with E-state index in [-0.39, 0.29) is 17.9 Å². The second-order valence-corrected chi connectivity index (χ2v) is 5.33. The Hall–Kier alpha value is -1.81. The number of benzene rings is 1. The molecule has 1 aliphatic heterocycles. The van der Waals surface area contributed by atoms with Gasteiger partial charge in [-0.15, -0.1) is 0 Å². The number of aliphatic hydroxyl groups is 1. The van der Waals surface area contributed by atoms with Crippen molar-refractivity contribution in [3.8, 4) is 0 Å². The maximum atomic E-state index is 12.6. The van der Waals surface area contributed by atoms with Gasteiger partial charge in [-0.25, -0.2) is 0 Å². The van der Waals surface area contributed by atoms with Crippen molar-refractivity contribution in [2.45, 2.75) is 19.4 Å². The lowest BCUT2D eigenvalue weighted by atomic mass is 9.96. The van der Waals surface area contributed by atoms with E-state index >= 15 is 0 Å². The third-order valence-corrected chi connectivity index (χ3v) is 3.97. The summed E-state index contributed by atoms with van der Waals surface area (Å²) in [4.78, 5) is 17.6. The van der Waals surface area contributed by atoms with Crippen LogP contribution in [0, 0.1) is 5.92 Å². The number of aliphatic hydroxyl groups excluding tert-OH is 1. The molecule has 0 spiro atoms. The molecule has 0 radical (unpaired) electrons. The van der Waals surface area contributed by atoms with Crippen LogP contribution in [0.5, 0.6) is 0 Å². The Kier molecular flexibility index (Phi) is 3.03. The topological polar surface area (TPSA) is 56.3 Å². The molecule has 1 aromatic heterocycles. The molecule has 1 fully saturated rings. The van der Waals surface area contributed by atoms with E-state index in [1.807, 2.05) is 42.3 Å². The highest BCUT2D eigenvalue weighted by molar-refractivity contribution is 6.06. The molecule has 2 heterocycles. The van der Waals surface area contributed by atoms with Gasteiger partial charge in [0.2, 0.25) is 0 Å². The molecule has 2 atom stereocenters. The van der Waals surface area contributed by atoms with Gasteiger partial charge in [-0.05, 0) is 30.5 Å². The third-order valence-electron chi connectivity index (χ3n) is 3.97. The second-order valence-electron chi connectivity index (χ2n) is 5.33. The lowest BCUT2D eigenvalue weighted by molar-refractivity contribution is 0.0299. The number of rotatable bonds is 1. The zero-order chi connectivity index (χ0) is 13.4. The number of aromatic nitrogens is 1. The first-order valence-electron chi connectivity index (χ1n) is 6.70. The Balaban J connectivity index is 1.90. The molecule has 0 saturated carbocycles. The van der Waals surface area contributed by atoms with Crippen molar-refractivity contribution in [1.29, 1.82) is 0 Å². The molecule has 1 aliphatic rings. The van der Waals surface area contributed by atoms with Crippen LogP contribution in [0.3, 0.4) is 0 Å². The van der Waals surface area contributed by atoms with Crippen molar-refractivity contribution >= 4 is 16.8 Å². The lowest BCUT2D eigenvalue weighted by Gasteiger charge is -2.34. The SMILES string of the molecule is CC1CN(C(=O)c2cccc3[nH]ccc23)CCC1O. The summed E-state index contributed by atoms with van der Waals surface area (Å²) in [7, 11) is 0. The average molecular weight is 258 g/mol. The lowest BCUT2D eigenvalue weighted by Crippen LogP contribution is -2.45. The molecule has 1 aromatic carbocycles. The quantitative estimate of drug-likeness (QED) is 0.822. The van der Waals surface area contributed by atoms with E-state index in [0.29, 0.717) is 19.5 Å². The highest BCUT2D eigenvalue weighted by atomic mass is 16.3. The number of nitrogens with one attached hydrogen (secondary N) is 1. The van der Waals surface area contributed by atoms with Crippen LogP contribution < -0.4 is 0 Å². The van der Waals surface area contributed by atoms with Crippen molar-refractivity contribution in [2.24, 2.45) is 5.92 Å². The average Bonchev–Trinajstić information content (AvgIpc) is 2.89. The predicted molar refractivity (Wildman–Crippen MR) is 74.0 cm³/mol. The minimum Gasteiger partial charge on any atom is -0.393 e. The van der Waals surface area contributed by atoms with Gasteiger partial charge in [0.1, 0.15) is 0 Å². The molecule has 100 valence electrons. The summed E-state index contributed by atoms with van der Waals surface area (Å²) in [5.74, 6) is 0.201. The number of likely N-dealkylation sites (tertiary alicyclic amines) is 1. The largest absolute Gasteiger partial charge is 0.393 e. The molecule has 3 rings (SSSR count). The minimum atomic E-state index is -0.285. The van der Waals surface area contributed by atoms with Crippen molar-refractivity contribution in [1.82, 2.24) is 9.88 Å². The summed E-state index contributed by atoms with van der Waals surface area (Å²) in [5, 5.41) is 10.7. The molecule has 2 N–H and O–H groups in total. The molecule has 2 unspecified atom stereocenters. The summed E-state index contributed by atoms with van der Waals surface area (Å²) in [5.41, 5.74) is 1.72. The minimum absolute atomic E-state index is 0.0592.